The summed E-state index contributed by atoms with van der Waals surface area (Å²) in [5, 5.41) is 9.46. The highest BCUT2D eigenvalue weighted by Crippen LogP contribution is 2.22. The van der Waals surface area contributed by atoms with E-state index < -0.39 is 5.91 Å². The third-order valence-electron chi connectivity index (χ3n) is 3.86. The van der Waals surface area contributed by atoms with Crippen molar-refractivity contribution in [1.82, 2.24) is 20.8 Å². The first-order valence-electron chi connectivity index (χ1n) is 8.86. The number of aryl methyl sites for hydroxylation is 1. The van der Waals surface area contributed by atoms with Crippen LogP contribution in [0.4, 0.5) is 0 Å². The highest BCUT2D eigenvalue weighted by atomic mass is 35.5. The van der Waals surface area contributed by atoms with Crippen molar-refractivity contribution in [3.8, 4) is 17.1 Å². The van der Waals surface area contributed by atoms with Gasteiger partial charge in [0.15, 0.2) is 6.61 Å². The van der Waals surface area contributed by atoms with Gasteiger partial charge in [-0.1, -0.05) is 58.7 Å². The summed E-state index contributed by atoms with van der Waals surface area (Å²) in [6, 6.07) is 14.4. The average Bonchev–Trinajstić information content (AvgIpc) is 3.21. The zero-order valence-electron chi connectivity index (χ0n) is 15.6. The van der Waals surface area contributed by atoms with Gasteiger partial charge in [0.2, 0.25) is 5.82 Å². The molecule has 0 spiro atoms. The number of carbonyl (C=O) groups excluding carboxylic acids is 2. The van der Waals surface area contributed by atoms with Gasteiger partial charge in [-0.25, -0.2) is 0 Å². The number of hydrogen-bond donors (Lipinski definition) is 2. The quantitative estimate of drug-likeness (QED) is 0.549. The summed E-state index contributed by atoms with van der Waals surface area (Å²) in [4.78, 5) is 28.0. The molecule has 0 bridgehead atoms. The molecule has 0 saturated carbocycles. The molecule has 0 aliphatic carbocycles. The Labute approximate surface area is 172 Å². The molecule has 3 aromatic rings. The predicted octanol–water partition coefficient (Wildman–Crippen LogP) is 2.62. The van der Waals surface area contributed by atoms with E-state index in [1.807, 2.05) is 31.2 Å². The fourth-order valence-corrected chi connectivity index (χ4v) is 2.54. The van der Waals surface area contributed by atoms with Gasteiger partial charge in [-0.05, 0) is 19.1 Å². The van der Waals surface area contributed by atoms with Crippen molar-refractivity contribution in [1.29, 1.82) is 0 Å². The normalized spacial score (nSPS) is 10.4. The van der Waals surface area contributed by atoms with Crippen molar-refractivity contribution in [2.45, 2.75) is 6.92 Å². The second-order valence-electron chi connectivity index (χ2n) is 6.11. The fourth-order valence-electron chi connectivity index (χ4n) is 2.35. The maximum Gasteiger partial charge on any atom is 0.316 e. The van der Waals surface area contributed by atoms with Crippen molar-refractivity contribution >= 4 is 23.4 Å². The van der Waals surface area contributed by atoms with Gasteiger partial charge in [0, 0.05) is 18.7 Å². The van der Waals surface area contributed by atoms with Crippen molar-refractivity contribution in [2.24, 2.45) is 0 Å². The van der Waals surface area contributed by atoms with Crippen molar-refractivity contribution in [3.63, 3.8) is 0 Å². The lowest BCUT2D eigenvalue weighted by atomic mass is 10.1. The van der Waals surface area contributed by atoms with E-state index in [2.05, 4.69) is 20.8 Å². The molecule has 0 saturated heterocycles. The number of aromatic nitrogens is 2. The SMILES string of the molecule is Cc1ccc(-c2noc(C(=O)NCCNC(=O)COc3ccccc3Cl)n2)cc1. The Balaban J connectivity index is 1.39. The molecular weight excluding hydrogens is 396 g/mol. The first-order valence-corrected chi connectivity index (χ1v) is 9.23. The van der Waals surface area contributed by atoms with Crippen LogP contribution >= 0.6 is 11.6 Å². The molecule has 0 aliphatic heterocycles. The Morgan fingerprint density at radius 2 is 1.79 bits per heavy atom. The molecule has 2 N–H and O–H groups in total. The van der Waals surface area contributed by atoms with Gasteiger partial charge in [0.1, 0.15) is 5.75 Å². The van der Waals surface area contributed by atoms with Gasteiger partial charge in [-0.15, -0.1) is 0 Å². The number of carbonyl (C=O) groups is 2. The molecule has 3 rings (SSSR count). The molecule has 0 unspecified atom stereocenters. The molecule has 29 heavy (non-hydrogen) atoms. The van der Waals surface area contributed by atoms with E-state index in [1.165, 1.54) is 0 Å². The number of ether oxygens (including phenoxy) is 1. The minimum Gasteiger partial charge on any atom is -0.482 e. The van der Waals surface area contributed by atoms with E-state index in [-0.39, 0.29) is 31.5 Å². The molecule has 1 heterocycles. The summed E-state index contributed by atoms with van der Waals surface area (Å²) in [5.41, 5.74) is 1.86. The predicted molar refractivity (Wildman–Crippen MR) is 107 cm³/mol. The first-order chi connectivity index (χ1) is 14.0. The van der Waals surface area contributed by atoms with Crippen LogP contribution in [0.15, 0.2) is 53.1 Å². The Bertz CT molecular complexity index is 988. The fraction of sp³-hybridized carbons (Fsp3) is 0.200. The topological polar surface area (TPSA) is 106 Å². The molecule has 2 amide bonds. The van der Waals surface area contributed by atoms with Gasteiger partial charge in [-0.3, -0.25) is 9.59 Å². The minimum atomic E-state index is -0.516. The second-order valence-corrected chi connectivity index (χ2v) is 6.52. The lowest BCUT2D eigenvalue weighted by Gasteiger charge is -2.08. The van der Waals surface area contributed by atoms with Crippen LogP contribution in [0.1, 0.15) is 16.2 Å². The summed E-state index contributed by atoms with van der Waals surface area (Å²) in [7, 11) is 0. The number of nitrogens with zero attached hydrogens (tertiary/aromatic N) is 2. The lowest BCUT2D eigenvalue weighted by molar-refractivity contribution is -0.123. The number of amides is 2. The van der Waals surface area contributed by atoms with Gasteiger partial charge >= 0.3 is 11.8 Å². The maximum atomic E-state index is 12.1. The largest absolute Gasteiger partial charge is 0.482 e. The molecule has 9 heteroatoms. The number of hydrogen-bond acceptors (Lipinski definition) is 6. The Morgan fingerprint density at radius 1 is 1.07 bits per heavy atom. The van der Waals surface area contributed by atoms with Crippen LogP contribution < -0.4 is 15.4 Å². The molecule has 8 nitrogen and oxygen atoms in total. The monoisotopic (exact) mass is 414 g/mol. The zero-order valence-corrected chi connectivity index (χ0v) is 16.4. The number of nitrogens with one attached hydrogen (secondary N) is 2. The van der Waals surface area contributed by atoms with Crippen LogP contribution in [-0.2, 0) is 4.79 Å². The van der Waals surface area contributed by atoms with Gasteiger partial charge in [0.25, 0.3) is 5.91 Å². The average molecular weight is 415 g/mol. The van der Waals surface area contributed by atoms with E-state index >= 15 is 0 Å². The smallest absolute Gasteiger partial charge is 0.316 e. The van der Waals surface area contributed by atoms with Crippen LogP contribution in [0.5, 0.6) is 5.75 Å². The van der Waals surface area contributed by atoms with Crippen molar-refractivity contribution in [2.75, 3.05) is 19.7 Å². The second kappa shape index (κ2) is 9.70. The number of rotatable bonds is 8. The van der Waals surface area contributed by atoms with Gasteiger partial charge < -0.3 is 19.9 Å². The molecule has 0 radical (unpaired) electrons. The van der Waals surface area contributed by atoms with Crippen LogP contribution in [0, 0.1) is 6.92 Å². The molecule has 0 atom stereocenters. The van der Waals surface area contributed by atoms with Gasteiger partial charge in [0.05, 0.1) is 5.02 Å². The first kappa shape index (κ1) is 20.3. The lowest BCUT2D eigenvalue weighted by Crippen LogP contribution is -2.36. The highest BCUT2D eigenvalue weighted by molar-refractivity contribution is 6.32. The number of para-hydroxylation sites is 1. The van der Waals surface area contributed by atoms with E-state index in [0.717, 1.165) is 11.1 Å². The zero-order chi connectivity index (χ0) is 20.6. The van der Waals surface area contributed by atoms with Crippen LogP contribution in [0.25, 0.3) is 11.4 Å². The third kappa shape index (κ3) is 5.79. The summed E-state index contributed by atoms with van der Waals surface area (Å²) >= 11 is 5.95. The molecule has 150 valence electrons. The Hall–Kier alpha value is -3.39. The van der Waals surface area contributed by atoms with E-state index in [9.17, 15) is 9.59 Å². The van der Waals surface area contributed by atoms with E-state index in [1.54, 1.807) is 24.3 Å². The maximum absolute atomic E-state index is 12.1. The molecular formula is C20H19ClN4O4. The van der Waals surface area contributed by atoms with Crippen LogP contribution in [0.2, 0.25) is 5.02 Å². The summed E-state index contributed by atoms with van der Waals surface area (Å²) in [5.74, 6) is -0.233. The number of halogens is 1. The van der Waals surface area contributed by atoms with E-state index in [0.29, 0.717) is 16.6 Å². The highest BCUT2D eigenvalue weighted by Gasteiger charge is 2.15. The van der Waals surface area contributed by atoms with Crippen LogP contribution in [-0.4, -0.2) is 41.7 Å². The number of benzene rings is 2. The summed E-state index contributed by atoms with van der Waals surface area (Å²) in [6.45, 7) is 2.20. The van der Waals surface area contributed by atoms with Crippen molar-refractivity contribution < 1.29 is 18.8 Å². The Kier molecular flexibility index (Phi) is 6.80. The summed E-state index contributed by atoms with van der Waals surface area (Å²) < 4.78 is 10.3. The Morgan fingerprint density at radius 3 is 2.55 bits per heavy atom. The summed E-state index contributed by atoms with van der Waals surface area (Å²) in [6.07, 6.45) is 0. The molecule has 2 aromatic carbocycles. The standard InChI is InChI=1S/C20H19ClN4O4/c1-13-6-8-14(9-7-13)18-24-20(29-25-18)19(27)23-11-10-22-17(26)12-28-16-5-3-2-4-15(16)21/h2-9H,10-12H2,1H3,(H,22,26)(H,23,27). The molecule has 0 fully saturated rings. The van der Waals surface area contributed by atoms with Gasteiger partial charge in [-0.2, -0.15) is 4.98 Å². The minimum absolute atomic E-state index is 0.144. The van der Waals surface area contributed by atoms with Crippen LogP contribution in [0.3, 0.4) is 0 Å². The molecule has 1 aromatic heterocycles. The third-order valence-corrected chi connectivity index (χ3v) is 4.17. The molecule has 0 aliphatic rings. The van der Waals surface area contributed by atoms with Crippen molar-refractivity contribution in [3.05, 3.63) is 65.0 Å². The van der Waals surface area contributed by atoms with E-state index in [4.69, 9.17) is 20.9 Å².